The van der Waals surface area contributed by atoms with Gasteiger partial charge in [-0.05, 0) is 36.6 Å². The van der Waals surface area contributed by atoms with Gasteiger partial charge in [-0.1, -0.05) is 24.3 Å². The number of methoxy groups -OCH3 is 1. The van der Waals surface area contributed by atoms with Gasteiger partial charge < -0.3 is 19.7 Å². The molecule has 0 aliphatic carbocycles. The Hall–Kier alpha value is -3.94. The number of carbonyl (C=O) groups is 1. The number of aliphatic imine (C=N–C) groups is 1. The summed E-state index contributed by atoms with van der Waals surface area (Å²) >= 11 is 0. The van der Waals surface area contributed by atoms with Crippen LogP contribution in [0.3, 0.4) is 0 Å². The summed E-state index contributed by atoms with van der Waals surface area (Å²) in [6.07, 6.45) is 4.29. The van der Waals surface area contributed by atoms with Crippen LogP contribution in [0.4, 0.5) is 11.6 Å². The van der Waals surface area contributed by atoms with Crippen molar-refractivity contribution in [3.05, 3.63) is 71.0 Å². The molecule has 0 saturated carbocycles. The van der Waals surface area contributed by atoms with Crippen molar-refractivity contribution in [2.75, 3.05) is 19.2 Å². The maximum Gasteiger partial charge on any atom is 0.257 e. The number of hydrogen-bond acceptors (Lipinski definition) is 7. The number of ether oxygens (including phenoxy) is 2. The van der Waals surface area contributed by atoms with Crippen LogP contribution < -0.4 is 14.8 Å². The lowest BCUT2D eigenvalue weighted by Gasteiger charge is -2.34. The second kappa shape index (κ2) is 8.30. The maximum absolute atomic E-state index is 13.4. The van der Waals surface area contributed by atoms with Crippen molar-refractivity contribution in [3.8, 4) is 11.5 Å². The summed E-state index contributed by atoms with van der Waals surface area (Å²) in [6.45, 7) is 2.59. The van der Waals surface area contributed by atoms with Crippen LogP contribution in [0, 0.1) is 6.92 Å². The van der Waals surface area contributed by atoms with Crippen LogP contribution in [-0.4, -0.2) is 46.9 Å². The van der Waals surface area contributed by atoms with Crippen LogP contribution in [-0.2, 0) is 13.0 Å². The standard InChI is InChI=1S/C24H23N5O3/c1-15-7-8-25-24(28-15)27-14-32-22-11-20-19(10-21(22)31-2)23(30)29-13-17-6-4-3-5-16(17)9-18(29)12-26-20/h3-8,10-12,18H,9,13-14H2,1-2H3,(H,25,27,28)/t18-/m0/s1. The van der Waals surface area contributed by atoms with Gasteiger partial charge in [-0.2, -0.15) is 0 Å². The van der Waals surface area contributed by atoms with Gasteiger partial charge in [0.2, 0.25) is 5.95 Å². The summed E-state index contributed by atoms with van der Waals surface area (Å²) in [6, 6.07) is 13.4. The van der Waals surface area contributed by atoms with Crippen molar-refractivity contribution in [3.63, 3.8) is 0 Å². The Morgan fingerprint density at radius 3 is 2.81 bits per heavy atom. The van der Waals surface area contributed by atoms with Crippen molar-refractivity contribution in [1.29, 1.82) is 0 Å². The highest BCUT2D eigenvalue weighted by atomic mass is 16.5. The van der Waals surface area contributed by atoms with Crippen LogP contribution in [0.1, 0.15) is 27.2 Å². The molecule has 0 fully saturated rings. The summed E-state index contributed by atoms with van der Waals surface area (Å²) in [4.78, 5) is 28.4. The third-order valence-corrected chi connectivity index (χ3v) is 5.70. The number of nitrogens with one attached hydrogen (secondary N) is 1. The number of benzene rings is 2. The first-order valence-electron chi connectivity index (χ1n) is 10.4. The van der Waals surface area contributed by atoms with Crippen LogP contribution in [0.15, 0.2) is 53.7 Å². The Balaban J connectivity index is 1.40. The fourth-order valence-electron chi connectivity index (χ4n) is 4.04. The van der Waals surface area contributed by atoms with Gasteiger partial charge in [-0.3, -0.25) is 9.79 Å². The van der Waals surface area contributed by atoms with E-state index < -0.39 is 0 Å². The van der Waals surface area contributed by atoms with Gasteiger partial charge in [-0.15, -0.1) is 0 Å². The Morgan fingerprint density at radius 2 is 2.00 bits per heavy atom. The monoisotopic (exact) mass is 429 g/mol. The van der Waals surface area contributed by atoms with Gasteiger partial charge in [0.1, 0.15) is 0 Å². The Kier molecular flexibility index (Phi) is 5.18. The van der Waals surface area contributed by atoms with Gasteiger partial charge in [0.15, 0.2) is 18.2 Å². The lowest BCUT2D eigenvalue weighted by molar-refractivity contribution is 0.0703. The average Bonchev–Trinajstić information content (AvgIpc) is 2.93. The molecule has 2 aliphatic rings. The normalized spacial score (nSPS) is 16.5. The minimum absolute atomic E-state index is 0.0619. The molecular formula is C24H23N5O3. The number of amides is 1. The van der Waals surface area contributed by atoms with Crippen LogP contribution >= 0.6 is 0 Å². The van der Waals surface area contributed by atoms with Crippen molar-refractivity contribution >= 4 is 23.8 Å². The van der Waals surface area contributed by atoms with Gasteiger partial charge in [0.05, 0.1) is 24.4 Å². The van der Waals surface area contributed by atoms with Crippen molar-refractivity contribution in [1.82, 2.24) is 14.9 Å². The molecule has 8 nitrogen and oxygen atoms in total. The molecule has 0 spiro atoms. The van der Waals surface area contributed by atoms with Crippen molar-refractivity contribution in [2.45, 2.75) is 25.9 Å². The molecule has 5 rings (SSSR count). The predicted molar refractivity (Wildman–Crippen MR) is 121 cm³/mol. The Bertz CT molecular complexity index is 1210. The minimum atomic E-state index is -0.0831. The van der Waals surface area contributed by atoms with E-state index in [0.717, 1.165) is 12.1 Å². The molecule has 1 amide bonds. The van der Waals surface area contributed by atoms with Crippen LogP contribution in [0.25, 0.3) is 0 Å². The fraction of sp³-hybridized carbons (Fsp3) is 0.250. The fourth-order valence-corrected chi connectivity index (χ4v) is 4.04. The number of aryl methyl sites for hydroxylation is 1. The van der Waals surface area contributed by atoms with E-state index in [1.54, 1.807) is 25.4 Å². The summed E-state index contributed by atoms with van der Waals surface area (Å²) in [5.74, 6) is 1.37. The zero-order valence-electron chi connectivity index (χ0n) is 17.9. The van der Waals surface area contributed by atoms with Crippen LogP contribution in [0.5, 0.6) is 11.5 Å². The predicted octanol–water partition coefficient (Wildman–Crippen LogP) is 3.53. The van der Waals surface area contributed by atoms with Gasteiger partial charge >= 0.3 is 0 Å². The molecule has 1 N–H and O–H groups in total. The second-order valence-corrected chi connectivity index (χ2v) is 7.76. The first-order valence-corrected chi connectivity index (χ1v) is 10.4. The highest BCUT2D eigenvalue weighted by Gasteiger charge is 2.33. The smallest absolute Gasteiger partial charge is 0.257 e. The number of anilines is 1. The molecular weight excluding hydrogens is 406 g/mol. The molecule has 0 bridgehead atoms. The quantitative estimate of drug-likeness (QED) is 0.624. The van der Waals surface area contributed by atoms with Gasteiger partial charge in [0, 0.05) is 30.7 Å². The summed E-state index contributed by atoms with van der Waals surface area (Å²) in [5, 5.41) is 3.02. The second-order valence-electron chi connectivity index (χ2n) is 7.76. The average molecular weight is 429 g/mol. The number of carbonyl (C=O) groups excluding carboxylic acids is 1. The Labute approximate surface area is 185 Å². The molecule has 1 atom stereocenters. The number of aromatic nitrogens is 2. The molecule has 3 aromatic rings. The summed E-state index contributed by atoms with van der Waals surface area (Å²) in [5.41, 5.74) is 4.35. The van der Waals surface area contributed by atoms with E-state index in [4.69, 9.17) is 9.47 Å². The lowest BCUT2D eigenvalue weighted by atomic mass is 9.94. The first-order chi connectivity index (χ1) is 15.6. The summed E-state index contributed by atoms with van der Waals surface area (Å²) < 4.78 is 11.4. The van der Waals surface area contributed by atoms with E-state index in [-0.39, 0.29) is 18.7 Å². The minimum Gasteiger partial charge on any atom is -0.493 e. The van der Waals surface area contributed by atoms with E-state index in [0.29, 0.717) is 35.2 Å². The van der Waals surface area contributed by atoms with E-state index >= 15 is 0 Å². The molecule has 8 heteroatoms. The summed E-state index contributed by atoms with van der Waals surface area (Å²) in [7, 11) is 1.55. The van der Waals surface area contributed by atoms with Gasteiger partial charge in [0.25, 0.3) is 5.91 Å². The Morgan fingerprint density at radius 1 is 1.16 bits per heavy atom. The number of hydrogen-bond donors (Lipinski definition) is 1. The number of fused-ring (bicyclic) bond motifs is 3. The highest BCUT2D eigenvalue weighted by molar-refractivity contribution is 6.03. The van der Waals surface area contributed by atoms with Gasteiger partial charge in [-0.25, -0.2) is 9.97 Å². The third-order valence-electron chi connectivity index (χ3n) is 5.70. The van der Waals surface area contributed by atoms with E-state index in [1.807, 2.05) is 36.2 Å². The topological polar surface area (TPSA) is 88.9 Å². The molecule has 1 aromatic heterocycles. The lowest BCUT2D eigenvalue weighted by Crippen LogP contribution is -2.44. The molecule has 3 heterocycles. The molecule has 32 heavy (non-hydrogen) atoms. The maximum atomic E-state index is 13.4. The molecule has 0 unspecified atom stereocenters. The first kappa shape index (κ1) is 20.0. The molecule has 0 saturated heterocycles. The molecule has 2 aliphatic heterocycles. The van der Waals surface area contributed by atoms with Crippen molar-refractivity contribution in [2.24, 2.45) is 4.99 Å². The molecule has 2 aromatic carbocycles. The molecule has 0 radical (unpaired) electrons. The number of rotatable bonds is 5. The number of nitrogens with zero attached hydrogens (tertiary/aromatic N) is 4. The van der Waals surface area contributed by atoms with E-state index in [2.05, 4.69) is 32.4 Å². The zero-order valence-corrected chi connectivity index (χ0v) is 17.9. The van der Waals surface area contributed by atoms with Crippen molar-refractivity contribution < 1.29 is 14.3 Å². The highest BCUT2D eigenvalue weighted by Crippen LogP contribution is 2.38. The van der Waals surface area contributed by atoms with E-state index in [1.165, 1.54) is 11.1 Å². The third kappa shape index (κ3) is 3.75. The van der Waals surface area contributed by atoms with E-state index in [9.17, 15) is 4.79 Å². The largest absolute Gasteiger partial charge is 0.493 e. The zero-order chi connectivity index (χ0) is 22.1. The SMILES string of the molecule is COc1cc2c(cc1OCNc1nccc(C)n1)N=C[C@@H]1Cc3ccccc3CN1C2=O. The molecule has 162 valence electrons. The van der Waals surface area contributed by atoms with Crippen LogP contribution in [0.2, 0.25) is 0 Å².